The van der Waals surface area contributed by atoms with Gasteiger partial charge in [0.25, 0.3) is 6.43 Å². The van der Waals surface area contributed by atoms with Gasteiger partial charge >= 0.3 is 6.36 Å². The molecule has 1 rings (SSSR count). The summed E-state index contributed by atoms with van der Waals surface area (Å²) in [5, 5.41) is 8.52. The van der Waals surface area contributed by atoms with Crippen LogP contribution < -0.4 is 10.5 Å². The molecule has 1 heterocycles. The molecule has 0 saturated carbocycles. The first-order valence-electron chi connectivity index (χ1n) is 3.99. The van der Waals surface area contributed by atoms with Crippen LogP contribution >= 0.6 is 0 Å². The molecule has 0 radical (unpaired) electrons. The first-order chi connectivity index (χ1) is 7.74. The number of alkyl halides is 5. The number of anilines is 1. The first-order valence-corrected chi connectivity index (χ1v) is 3.99. The molecule has 0 aliphatic carbocycles. The zero-order valence-corrected chi connectivity index (χ0v) is 7.92. The van der Waals surface area contributed by atoms with Gasteiger partial charge in [0, 0.05) is 0 Å². The molecule has 0 unspecified atom stereocenters. The number of nitrogens with zero attached hydrogens (tertiary/aromatic N) is 2. The first kappa shape index (κ1) is 13.0. The molecule has 0 saturated heterocycles. The summed E-state index contributed by atoms with van der Waals surface area (Å²) in [6.07, 6.45) is -8.27. The zero-order chi connectivity index (χ0) is 13.2. The summed E-state index contributed by atoms with van der Waals surface area (Å²) < 4.78 is 63.6. The van der Waals surface area contributed by atoms with Crippen LogP contribution in [0.2, 0.25) is 0 Å². The summed E-state index contributed by atoms with van der Waals surface area (Å²) in [4.78, 5) is 2.89. The van der Waals surface area contributed by atoms with Crippen LogP contribution in [0.5, 0.6) is 5.88 Å². The Labute approximate surface area is 91.4 Å². The molecule has 92 valence electrons. The third kappa shape index (κ3) is 3.17. The van der Waals surface area contributed by atoms with E-state index in [1.165, 1.54) is 6.07 Å². The van der Waals surface area contributed by atoms with E-state index in [-0.39, 0.29) is 0 Å². The summed E-state index contributed by atoms with van der Waals surface area (Å²) in [7, 11) is 0. The largest absolute Gasteiger partial charge is 0.574 e. The molecule has 2 N–H and O–H groups in total. The van der Waals surface area contributed by atoms with Gasteiger partial charge in [-0.1, -0.05) is 0 Å². The predicted octanol–water partition coefficient (Wildman–Crippen LogP) is 2.37. The molecule has 0 atom stereocenters. The fourth-order valence-electron chi connectivity index (χ4n) is 0.968. The van der Waals surface area contributed by atoms with Gasteiger partial charge in [-0.3, -0.25) is 0 Å². The lowest BCUT2D eigenvalue weighted by atomic mass is 10.2. The van der Waals surface area contributed by atoms with Gasteiger partial charge in [0.2, 0.25) is 5.88 Å². The highest BCUT2D eigenvalue weighted by Gasteiger charge is 2.34. The molecule has 0 aromatic carbocycles. The molecule has 0 spiro atoms. The van der Waals surface area contributed by atoms with Gasteiger partial charge in [-0.25, -0.2) is 13.8 Å². The number of ether oxygens (including phenoxy) is 1. The highest BCUT2D eigenvalue weighted by Crippen LogP contribution is 2.30. The van der Waals surface area contributed by atoms with Crippen molar-refractivity contribution in [2.45, 2.75) is 12.8 Å². The van der Waals surface area contributed by atoms with E-state index >= 15 is 0 Å². The number of aromatic nitrogens is 1. The Morgan fingerprint density at radius 3 is 2.41 bits per heavy atom. The van der Waals surface area contributed by atoms with Crippen molar-refractivity contribution >= 4 is 5.69 Å². The Kier molecular flexibility index (Phi) is 3.36. The van der Waals surface area contributed by atoms with Gasteiger partial charge in [-0.15, -0.1) is 13.2 Å². The van der Waals surface area contributed by atoms with Gasteiger partial charge in [0.15, 0.2) is 0 Å². The third-order valence-corrected chi connectivity index (χ3v) is 1.58. The number of hydrogen-bond acceptors (Lipinski definition) is 4. The van der Waals surface area contributed by atoms with Crippen LogP contribution in [0, 0.1) is 11.3 Å². The van der Waals surface area contributed by atoms with E-state index in [1.54, 1.807) is 0 Å². The van der Waals surface area contributed by atoms with E-state index in [1.807, 2.05) is 0 Å². The predicted molar refractivity (Wildman–Crippen MR) is 45.0 cm³/mol. The van der Waals surface area contributed by atoms with Crippen molar-refractivity contribution < 1.29 is 26.7 Å². The maximum atomic E-state index is 12.3. The maximum Gasteiger partial charge on any atom is 0.574 e. The highest BCUT2D eigenvalue weighted by molar-refractivity contribution is 5.59. The topological polar surface area (TPSA) is 71.9 Å². The lowest BCUT2D eigenvalue weighted by Crippen LogP contribution is -2.19. The molecule has 4 nitrogen and oxygen atoms in total. The normalized spacial score (nSPS) is 11.4. The molecule has 0 amide bonds. The zero-order valence-electron chi connectivity index (χ0n) is 7.92. The number of nitriles is 1. The van der Waals surface area contributed by atoms with E-state index in [4.69, 9.17) is 11.0 Å². The average molecular weight is 253 g/mol. The van der Waals surface area contributed by atoms with Gasteiger partial charge < -0.3 is 10.5 Å². The van der Waals surface area contributed by atoms with Gasteiger partial charge in [0.1, 0.15) is 17.3 Å². The monoisotopic (exact) mass is 253 g/mol. The Balaban J connectivity index is 3.30. The Hall–Kier alpha value is -2.11. The van der Waals surface area contributed by atoms with E-state index < -0.39 is 35.6 Å². The molecule has 9 heteroatoms. The lowest BCUT2D eigenvalue weighted by molar-refractivity contribution is -0.276. The summed E-state index contributed by atoms with van der Waals surface area (Å²) in [6, 6.07) is 1.91. The fraction of sp³-hybridized carbons (Fsp3) is 0.250. The number of pyridine rings is 1. The molecule has 0 bridgehead atoms. The Morgan fingerprint density at radius 1 is 1.41 bits per heavy atom. The standard InChI is InChI=1S/C8H4F5N3O/c9-6(10)5-1-4(15)3(2-14)7(16-5)17-8(11,12)13/h1,6H,(H2,15,16). The second-order valence-electron chi connectivity index (χ2n) is 2.78. The summed E-state index contributed by atoms with van der Waals surface area (Å²) in [5.41, 5.74) is 2.84. The molecular formula is C8H4F5N3O. The van der Waals surface area contributed by atoms with Crippen molar-refractivity contribution in [1.82, 2.24) is 4.98 Å². The van der Waals surface area contributed by atoms with Crippen molar-refractivity contribution in [2.75, 3.05) is 5.73 Å². The van der Waals surface area contributed by atoms with Crippen LogP contribution in [0.25, 0.3) is 0 Å². The minimum atomic E-state index is -5.15. The Bertz CT molecular complexity index is 465. The van der Waals surface area contributed by atoms with Crippen molar-refractivity contribution in [3.63, 3.8) is 0 Å². The summed E-state index contributed by atoms with van der Waals surface area (Å²) in [5.74, 6) is -1.28. The average Bonchev–Trinajstić information content (AvgIpc) is 2.14. The van der Waals surface area contributed by atoms with Crippen molar-refractivity contribution in [3.8, 4) is 11.9 Å². The van der Waals surface area contributed by atoms with E-state index in [0.717, 1.165) is 0 Å². The second-order valence-corrected chi connectivity index (χ2v) is 2.78. The minimum Gasteiger partial charge on any atom is -0.397 e. The Morgan fingerprint density at radius 2 is 2.00 bits per heavy atom. The van der Waals surface area contributed by atoms with Crippen molar-refractivity contribution in [1.29, 1.82) is 5.26 Å². The molecule has 1 aromatic heterocycles. The number of rotatable bonds is 2. The quantitative estimate of drug-likeness (QED) is 0.821. The maximum absolute atomic E-state index is 12.3. The minimum absolute atomic E-state index is 0.558. The number of nitrogen functional groups attached to an aromatic ring is 1. The van der Waals surface area contributed by atoms with Crippen LogP contribution in [0.15, 0.2) is 6.07 Å². The van der Waals surface area contributed by atoms with Gasteiger partial charge in [0.05, 0.1) is 5.69 Å². The molecule has 0 fully saturated rings. The fourth-order valence-corrected chi connectivity index (χ4v) is 0.968. The molecule has 17 heavy (non-hydrogen) atoms. The molecule has 0 aliphatic rings. The van der Waals surface area contributed by atoms with Crippen LogP contribution in [-0.2, 0) is 0 Å². The summed E-state index contributed by atoms with van der Waals surface area (Å²) >= 11 is 0. The van der Waals surface area contributed by atoms with Crippen LogP contribution in [0.1, 0.15) is 17.7 Å². The van der Waals surface area contributed by atoms with Gasteiger partial charge in [-0.2, -0.15) is 5.26 Å². The number of nitrogens with two attached hydrogens (primary N) is 1. The van der Waals surface area contributed by atoms with E-state index in [2.05, 4.69) is 9.72 Å². The molecular weight excluding hydrogens is 249 g/mol. The van der Waals surface area contributed by atoms with Gasteiger partial charge in [-0.05, 0) is 6.07 Å². The smallest absolute Gasteiger partial charge is 0.397 e. The summed E-state index contributed by atoms with van der Waals surface area (Å²) in [6.45, 7) is 0. The van der Waals surface area contributed by atoms with Crippen molar-refractivity contribution in [3.05, 3.63) is 17.3 Å². The lowest BCUT2D eigenvalue weighted by Gasteiger charge is -2.11. The third-order valence-electron chi connectivity index (χ3n) is 1.58. The highest BCUT2D eigenvalue weighted by atomic mass is 19.4. The number of halogens is 5. The molecule has 1 aromatic rings. The SMILES string of the molecule is N#Cc1c(N)cc(C(F)F)nc1OC(F)(F)F. The number of hydrogen-bond donors (Lipinski definition) is 1. The van der Waals surface area contributed by atoms with Crippen LogP contribution in [0.4, 0.5) is 27.6 Å². The molecule has 0 aliphatic heterocycles. The van der Waals surface area contributed by atoms with E-state index in [9.17, 15) is 22.0 Å². The van der Waals surface area contributed by atoms with E-state index in [0.29, 0.717) is 6.07 Å². The van der Waals surface area contributed by atoms with Crippen LogP contribution in [0.3, 0.4) is 0 Å². The van der Waals surface area contributed by atoms with Crippen LogP contribution in [-0.4, -0.2) is 11.3 Å². The second kappa shape index (κ2) is 4.40. The van der Waals surface area contributed by atoms with Crippen molar-refractivity contribution in [2.24, 2.45) is 0 Å².